The third-order valence-corrected chi connectivity index (χ3v) is 2.86. The van der Waals surface area contributed by atoms with Gasteiger partial charge in [0.2, 0.25) is 0 Å². The van der Waals surface area contributed by atoms with Crippen molar-refractivity contribution >= 4 is 0 Å². The van der Waals surface area contributed by atoms with Crippen molar-refractivity contribution < 1.29 is 9.13 Å². The van der Waals surface area contributed by atoms with Crippen LogP contribution >= 0.6 is 0 Å². The van der Waals surface area contributed by atoms with Crippen molar-refractivity contribution in [1.82, 2.24) is 5.32 Å². The van der Waals surface area contributed by atoms with Crippen LogP contribution in [-0.2, 0) is 4.74 Å². The molecule has 0 heterocycles. The van der Waals surface area contributed by atoms with E-state index in [2.05, 4.69) is 12.2 Å². The van der Waals surface area contributed by atoms with E-state index in [-0.39, 0.29) is 5.82 Å². The zero-order chi connectivity index (χ0) is 12.5. The van der Waals surface area contributed by atoms with Gasteiger partial charge >= 0.3 is 0 Å². The molecule has 0 amide bonds. The van der Waals surface area contributed by atoms with Crippen molar-refractivity contribution in [3.63, 3.8) is 0 Å². The molecule has 3 heteroatoms. The first kappa shape index (κ1) is 14.1. The van der Waals surface area contributed by atoms with E-state index in [1.54, 1.807) is 19.2 Å². The van der Waals surface area contributed by atoms with Crippen LogP contribution < -0.4 is 5.32 Å². The highest BCUT2D eigenvalue weighted by atomic mass is 19.1. The zero-order valence-electron chi connectivity index (χ0n) is 10.7. The van der Waals surface area contributed by atoms with Gasteiger partial charge in [0, 0.05) is 20.3 Å². The van der Waals surface area contributed by atoms with Gasteiger partial charge in [-0.1, -0.05) is 19.1 Å². The molecular formula is C14H22FNO. The minimum Gasteiger partial charge on any atom is -0.385 e. The fourth-order valence-electron chi connectivity index (χ4n) is 1.94. The van der Waals surface area contributed by atoms with Crippen LogP contribution in [0.2, 0.25) is 0 Å². The molecule has 96 valence electrons. The van der Waals surface area contributed by atoms with Gasteiger partial charge in [-0.15, -0.1) is 0 Å². The Balaban J connectivity index is 2.60. The molecule has 1 rings (SSSR count). The Bertz CT molecular complexity index is 317. The second-order valence-corrected chi connectivity index (χ2v) is 4.19. The molecule has 2 nitrogen and oxygen atoms in total. The lowest BCUT2D eigenvalue weighted by atomic mass is 9.94. The Kier molecular flexibility index (Phi) is 6.82. The first-order valence-electron chi connectivity index (χ1n) is 6.23. The summed E-state index contributed by atoms with van der Waals surface area (Å²) in [6.07, 6.45) is 2.02. The van der Waals surface area contributed by atoms with Gasteiger partial charge in [-0.05, 0) is 43.0 Å². The molecule has 1 atom stereocenters. The van der Waals surface area contributed by atoms with Gasteiger partial charge < -0.3 is 10.1 Å². The Morgan fingerprint density at radius 1 is 1.41 bits per heavy atom. The number of hydrogen-bond acceptors (Lipinski definition) is 2. The molecule has 1 unspecified atom stereocenters. The molecular weight excluding hydrogens is 217 g/mol. The lowest BCUT2D eigenvalue weighted by Crippen LogP contribution is -2.21. The van der Waals surface area contributed by atoms with Crippen molar-refractivity contribution in [2.75, 3.05) is 26.8 Å². The number of likely N-dealkylation sites (N-methyl/N-ethyl adjacent to an activating group) is 1. The highest BCUT2D eigenvalue weighted by molar-refractivity contribution is 5.21. The number of benzene rings is 1. The van der Waals surface area contributed by atoms with Crippen molar-refractivity contribution in [2.24, 2.45) is 0 Å². The lowest BCUT2D eigenvalue weighted by molar-refractivity contribution is 0.190. The van der Waals surface area contributed by atoms with E-state index in [1.807, 2.05) is 6.07 Å². The molecule has 0 saturated carbocycles. The van der Waals surface area contributed by atoms with Crippen LogP contribution in [0, 0.1) is 5.82 Å². The summed E-state index contributed by atoms with van der Waals surface area (Å²) in [7, 11) is 1.71. The molecule has 17 heavy (non-hydrogen) atoms. The molecule has 0 saturated heterocycles. The summed E-state index contributed by atoms with van der Waals surface area (Å²) >= 11 is 0. The molecule has 0 spiro atoms. The number of halogens is 1. The van der Waals surface area contributed by atoms with Crippen molar-refractivity contribution in [3.05, 3.63) is 35.6 Å². The smallest absolute Gasteiger partial charge is 0.123 e. The van der Waals surface area contributed by atoms with E-state index in [1.165, 1.54) is 6.07 Å². The second kappa shape index (κ2) is 8.20. The molecule has 0 radical (unpaired) electrons. The SMILES string of the molecule is CCNCC(CCCOC)c1cccc(F)c1. The van der Waals surface area contributed by atoms with E-state index in [9.17, 15) is 4.39 Å². The molecule has 0 fully saturated rings. The summed E-state index contributed by atoms with van der Waals surface area (Å²) in [5.41, 5.74) is 1.07. The molecule has 0 aliphatic carbocycles. The number of ether oxygens (including phenoxy) is 1. The van der Waals surface area contributed by atoms with Crippen molar-refractivity contribution in [1.29, 1.82) is 0 Å². The maximum atomic E-state index is 13.2. The quantitative estimate of drug-likeness (QED) is 0.704. The monoisotopic (exact) mass is 239 g/mol. The van der Waals surface area contributed by atoms with Crippen molar-refractivity contribution in [2.45, 2.75) is 25.7 Å². The Morgan fingerprint density at radius 3 is 2.88 bits per heavy atom. The van der Waals surface area contributed by atoms with Crippen LogP contribution in [0.1, 0.15) is 31.2 Å². The third-order valence-electron chi connectivity index (χ3n) is 2.86. The van der Waals surface area contributed by atoms with Crippen LogP contribution in [0.4, 0.5) is 4.39 Å². The lowest BCUT2D eigenvalue weighted by Gasteiger charge is -2.17. The normalized spacial score (nSPS) is 12.6. The van der Waals surface area contributed by atoms with Gasteiger partial charge in [0.05, 0.1) is 0 Å². The predicted molar refractivity (Wildman–Crippen MR) is 68.8 cm³/mol. The first-order chi connectivity index (χ1) is 8.27. The average molecular weight is 239 g/mol. The Morgan fingerprint density at radius 2 is 2.24 bits per heavy atom. The maximum absolute atomic E-state index is 13.2. The van der Waals surface area contributed by atoms with Gasteiger partial charge in [-0.25, -0.2) is 4.39 Å². The minimum absolute atomic E-state index is 0.157. The summed E-state index contributed by atoms with van der Waals surface area (Å²) in [6.45, 7) is 4.68. The van der Waals surface area contributed by atoms with E-state index < -0.39 is 0 Å². The molecule has 0 aliphatic rings. The fourth-order valence-corrected chi connectivity index (χ4v) is 1.94. The summed E-state index contributed by atoms with van der Waals surface area (Å²) in [5, 5.41) is 3.33. The van der Waals surface area contributed by atoms with Crippen LogP contribution in [0.15, 0.2) is 24.3 Å². The Labute approximate surface area is 103 Å². The third kappa shape index (κ3) is 5.29. The molecule has 1 aromatic carbocycles. The predicted octanol–water partition coefficient (Wildman–Crippen LogP) is 2.95. The summed E-state index contributed by atoms with van der Waals surface area (Å²) in [5.74, 6) is 0.205. The van der Waals surface area contributed by atoms with E-state index in [0.29, 0.717) is 5.92 Å². The van der Waals surface area contributed by atoms with E-state index in [4.69, 9.17) is 4.74 Å². The van der Waals surface area contributed by atoms with E-state index >= 15 is 0 Å². The number of methoxy groups -OCH3 is 1. The zero-order valence-corrected chi connectivity index (χ0v) is 10.7. The molecule has 0 aliphatic heterocycles. The van der Waals surface area contributed by atoms with Crippen LogP contribution in [0.5, 0.6) is 0 Å². The minimum atomic E-state index is -0.157. The van der Waals surface area contributed by atoms with Gasteiger partial charge in [-0.3, -0.25) is 0 Å². The van der Waals surface area contributed by atoms with E-state index in [0.717, 1.165) is 38.1 Å². The highest BCUT2D eigenvalue weighted by Gasteiger charge is 2.11. The molecule has 0 aromatic heterocycles. The van der Waals surface area contributed by atoms with Gasteiger partial charge in [-0.2, -0.15) is 0 Å². The van der Waals surface area contributed by atoms with Crippen LogP contribution in [0.25, 0.3) is 0 Å². The number of hydrogen-bond donors (Lipinski definition) is 1. The first-order valence-corrected chi connectivity index (χ1v) is 6.23. The topological polar surface area (TPSA) is 21.3 Å². The van der Waals surface area contributed by atoms with Gasteiger partial charge in [0.25, 0.3) is 0 Å². The van der Waals surface area contributed by atoms with Gasteiger partial charge in [0.15, 0.2) is 0 Å². The highest BCUT2D eigenvalue weighted by Crippen LogP contribution is 2.21. The van der Waals surface area contributed by atoms with Crippen molar-refractivity contribution in [3.8, 4) is 0 Å². The van der Waals surface area contributed by atoms with Crippen LogP contribution in [0.3, 0.4) is 0 Å². The largest absolute Gasteiger partial charge is 0.385 e. The number of rotatable bonds is 8. The maximum Gasteiger partial charge on any atom is 0.123 e. The summed E-state index contributed by atoms with van der Waals surface area (Å²) in [4.78, 5) is 0. The average Bonchev–Trinajstić information content (AvgIpc) is 2.33. The molecule has 1 aromatic rings. The van der Waals surface area contributed by atoms with Crippen LogP contribution in [-0.4, -0.2) is 26.8 Å². The molecule has 1 N–H and O–H groups in total. The molecule has 0 bridgehead atoms. The Hall–Kier alpha value is -0.930. The number of nitrogens with one attached hydrogen (secondary N) is 1. The fraction of sp³-hybridized carbons (Fsp3) is 0.571. The summed E-state index contributed by atoms with van der Waals surface area (Å²) < 4.78 is 18.3. The standard InChI is InChI=1S/C14H22FNO/c1-3-16-11-13(7-5-9-17-2)12-6-4-8-14(15)10-12/h4,6,8,10,13,16H,3,5,7,9,11H2,1-2H3. The summed E-state index contributed by atoms with van der Waals surface area (Å²) in [6, 6.07) is 6.90. The second-order valence-electron chi connectivity index (χ2n) is 4.19. The van der Waals surface area contributed by atoms with Gasteiger partial charge in [0.1, 0.15) is 5.82 Å².